The number of carboxylic acid groups (broad SMARTS) is 1. The lowest BCUT2D eigenvalue weighted by molar-refractivity contribution is -0.142. The lowest BCUT2D eigenvalue weighted by Crippen LogP contribution is -2.41. The number of hydrogen-bond donors (Lipinski definition) is 1. The van der Waals surface area contributed by atoms with Gasteiger partial charge in [-0.3, -0.25) is 9.69 Å². The molecule has 0 amide bonds. The summed E-state index contributed by atoms with van der Waals surface area (Å²) in [6, 6.07) is 0.879. The number of nitrogens with zero attached hydrogens (tertiary/aromatic N) is 4. The lowest BCUT2D eigenvalue weighted by atomic mass is 9.89. The molecule has 1 aliphatic heterocycles. The zero-order chi connectivity index (χ0) is 15.0. The monoisotopic (exact) mass is 292 g/mol. The number of aliphatic carboxylic acids is 1. The van der Waals surface area contributed by atoms with E-state index in [1.807, 2.05) is 4.68 Å². The second kappa shape index (κ2) is 5.75. The first-order chi connectivity index (χ1) is 10.1. The third-order valence-corrected chi connectivity index (χ3v) is 4.89. The van der Waals surface area contributed by atoms with E-state index >= 15 is 0 Å². The fraction of sp³-hybridized carbons (Fsp3) is 0.800. The summed E-state index contributed by atoms with van der Waals surface area (Å²) in [7, 11) is 0. The molecule has 0 bridgehead atoms. The first-order valence-electron chi connectivity index (χ1n) is 7.96. The van der Waals surface area contributed by atoms with Crippen molar-refractivity contribution in [1.82, 2.24) is 19.9 Å². The summed E-state index contributed by atoms with van der Waals surface area (Å²) in [5, 5.41) is 17.9. The van der Waals surface area contributed by atoms with Crippen LogP contribution < -0.4 is 0 Å². The van der Waals surface area contributed by atoms with Crippen LogP contribution in [0.15, 0.2) is 0 Å². The highest BCUT2D eigenvalue weighted by Crippen LogP contribution is 2.29. The van der Waals surface area contributed by atoms with Crippen LogP contribution in [-0.4, -0.2) is 50.1 Å². The van der Waals surface area contributed by atoms with Crippen molar-refractivity contribution in [1.29, 1.82) is 0 Å². The van der Waals surface area contributed by atoms with Crippen LogP contribution in [0, 0.1) is 5.92 Å². The van der Waals surface area contributed by atoms with Crippen molar-refractivity contribution in [3.63, 3.8) is 0 Å². The first-order valence-corrected chi connectivity index (χ1v) is 7.96. The number of hydrogen-bond acceptors (Lipinski definition) is 4. The summed E-state index contributed by atoms with van der Waals surface area (Å²) in [5.74, 6) is -0.972. The first kappa shape index (κ1) is 14.5. The molecule has 3 rings (SSSR count). The lowest BCUT2D eigenvalue weighted by Gasteiger charge is -2.36. The van der Waals surface area contributed by atoms with Crippen molar-refractivity contribution in [2.75, 3.05) is 13.1 Å². The van der Waals surface area contributed by atoms with Crippen molar-refractivity contribution in [3.8, 4) is 0 Å². The number of carbonyl (C=O) groups is 1. The summed E-state index contributed by atoms with van der Waals surface area (Å²) >= 11 is 0. The van der Waals surface area contributed by atoms with E-state index < -0.39 is 5.97 Å². The van der Waals surface area contributed by atoms with Crippen LogP contribution in [0.25, 0.3) is 0 Å². The highest BCUT2D eigenvalue weighted by atomic mass is 16.4. The number of fused-ring (bicyclic) bond motifs is 1. The molecule has 1 aromatic rings. The second-order valence-electron chi connectivity index (χ2n) is 6.59. The molecule has 2 heterocycles. The van der Waals surface area contributed by atoms with Gasteiger partial charge in [0.1, 0.15) is 0 Å². The van der Waals surface area contributed by atoms with Gasteiger partial charge in [-0.05, 0) is 46.1 Å². The van der Waals surface area contributed by atoms with Crippen molar-refractivity contribution in [2.45, 2.75) is 58.0 Å². The highest BCUT2D eigenvalue weighted by Gasteiger charge is 2.32. The van der Waals surface area contributed by atoms with Gasteiger partial charge in [0.25, 0.3) is 0 Å². The van der Waals surface area contributed by atoms with Gasteiger partial charge in [0.2, 0.25) is 0 Å². The summed E-state index contributed by atoms with van der Waals surface area (Å²) < 4.78 is 2.03. The number of aryl methyl sites for hydroxylation is 1. The number of carboxylic acids is 1. The minimum atomic E-state index is -0.694. The normalized spacial score (nSPS) is 26.8. The zero-order valence-corrected chi connectivity index (χ0v) is 12.8. The summed E-state index contributed by atoms with van der Waals surface area (Å²) in [4.78, 5) is 13.7. The van der Waals surface area contributed by atoms with Crippen molar-refractivity contribution in [3.05, 3.63) is 11.4 Å². The highest BCUT2D eigenvalue weighted by molar-refractivity contribution is 5.70. The largest absolute Gasteiger partial charge is 0.481 e. The van der Waals surface area contributed by atoms with Gasteiger partial charge in [-0.25, -0.2) is 4.68 Å². The van der Waals surface area contributed by atoms with E-state index in [0.29, 0.717) is 24.9 Å². The molecule has 1 fully saturated rings. The van der Waals surface area contributed by atoms with Crippen LogP contribution >= 0.6 is 0 Å². The van der Waals surface area contributed by atoms with Crippen molar-refractivity contribution >= 4 is 5.97 Å². The van der Waals surface area contributed by atoms with Gasteiger partial charge in [0, 0.05) is 19.0 Å². The standard InChI is InChI=1S/C15H24N4O2/c1-10(2)18-7-3-4-12(9-18)19-14-8-11(15(20)21)5-6-13(14)16-17-19/h10-12H,3-9H2,1-2H3,(H,20,21). The predicted octanol–water partition coefficient (Wildman–Crippen LogP) is 1.51. The molecule has 1 aromatic heterocycles. The van der Waals surface area contributed by atoms with E-state index in [-0.39, 0.29) is 5.92 Å². The van der Waals surface area contributed by atoms with Crippen LogP contribution in [0.2, 0.25) is 0 Å². The molecule has 1 saturated heterocycles. The Hall–Kier alpha value is -1.43. The van der Waals surface area contributed by atoms with Crippen LogP contribution in [0.1, 0.15) is 50.5 Å². The number of piperidine rings is 1. The average molecular weight is 292 g/mol. The Morgan fingerprint density at radius 2 is 2.19 bits per heavy atom. The van der Waals surface area contributed by atoms with E-state index in [1.165, 1.54) is 6.42 Å². The minimum Gasteiger partial charge on any atom is -0.481 e. The van der Waals surface area contributed by atoms with E-state index in [2.05, 4.69) is 29.1 Å². The molecule has 2 unspecified atom stereocenters. The Morgan fingerprint density at radius 3 is 2.90 bits per heavy atom. The molecular weight excluding hydrogens is 268 g/mol. The van der Waals surface area contributed by atoms with E-state index in [4.69, 9.17) is 0 Å². The van der Waals surface area contributed by atoms with Crippen LogP contribution in [0.5, 0.6) is 0 Å². The Labute approximate surface area is 125 Å². The molecule has 1 aliphatic carbocycles. The average Bonchev–Trinajstić information content (AvgIpc) is 2.90. The SMILES string of the molecule is CC(C)N1CCCC(n2nnc3c2CC(C(=O)O)CC3)C1. The van der Waals surface area contributed by atoms with Gasteiger partial charge in [-0.1, -0.05) is 5.21 Å². The van der Waals surface area contributed by atoms with Crippen LogP contribution in [-0.2, 0) is 17.6 Å². The van der Waals surface area contributed by atoms with Gasteiger partial charge in [-0.15, -0.1) is 5.10 Å². The number of likely N-dealkylation sites (tertiary alicyclic amines) is 1. The maximum absolute atomic E-state index is 11.3. The van der Waals surface area contributed by atoms with Gasteiger partial charge in [0.05, 0.1) is 23.3 Å². The molecule has 2 atom stereocenters. The summed E-state index contributed by atoms with van der Waals surface area (Å²) in [6.07, 6.45) is 4.28. The predicted molar refractivity (Wildman–Crippen MR) is 78.2 cm³/mol. The molecule has 0 saturated carbocycles. The van der Waals surface area contributed by atoms with Crippen molar-refractivity contribution < 1.29 is 9.90 Å². The molecule has 0 radical (unpaired) electrons. The fourth-order valence-corrected chi connectivity index (χ4v) is 3.55. The molecule has 0 aromatic carbocycles. The molecule has 6 heteroatoms. The molecule has 21 heavy (non-hydrogen) atoms. The molecular formula is C15H24N4O2. The quantitative estimate of drug-likeness (QED) is 0.914. The van der Waals surface area contributed by atoms with Crippen LogP contribution in [0.4, 0.5) is 0 Å². The van der Waals surface area contributed by atoms with E-state index in [1.54, 1.807) is 0 Å². The Balaban J connectivity index is 1.81. The van der Waals surface area contributed by atoms with Gasteiger partial charge in [0.15, 0.2) is 0 Å². The van der Waals surface area contributed by atoms with E-state index in [0.717, 1.165) is 37.3 Å². The summed E-state index contributed by atoms with van der Waals surface area (Å²) in [6.45, 7) is 6.58. The minimum absolute atomic E-state index is 0.278. The molecule has 116 valence electrons. The molecule has 2 aliphatic rings. The Bertz CT molecular complexity index is 526. The molecule has 6 nitrogen and oxygen atoms in total. The summed E-state index contributed by atoms with van der Waals surface area (Å²) in [5.41, 5.74) is 2.07. The smallest absolute Gasteiger partial charge is 0.306 e. The molecule has 0 spiro atoms. The topological polar surface area (TPSA) is 71.2 Å². The maximum Gasteiger partial charge on any atom is 0.306 e. The van der Waals surface area contributed by atoms with Crippen molar-refractivity contribution in [2.24, 2.45) is 5.92 Å². The second-order valence-corrected chi connectivity index (χ2v) is 6.59. The van der Waals surface area contributed by atoms with Gasteiger partial charge in [-0.2, -0.15) is 0 Å². The fourth-order valence-electron chi connectivity index (χ4n) is 3.55. The molecule has 1 N–H and O–H groups in total. The third-order valence-electron chi connectivity index (χ3n) is 4.89. The number of rotatable bonds is 3. The third kappa shape index (κ3) is 2.81. The maximum atomic E-state index is 11.3. The Morgan fingerprint density at radius 1 is 1.38 bits per heavy atom. The van der Waals surface area contributed by atoms with Gasteiger partial charge >= 0.3 is 5.97 Å². The van der Waals surface area contributed by atoms with E-state index in [9.17, 15) is 9.90 Å². The number of aromatic nitrogens is 3. The van der Waals surface area contributed by atoms with Crippen LogP contribution in [0.3, 0.4) is 0 Å². The van der Waals surface area contributed by atoms with Gasteiger partial charge < -0.3 is 5.11 Å². The zero-order valence-electron chi connectivity index (χ0n) is 12.8. The Kier molecular flexibility index (Phi) is 3.97.